The van der Waals surface area contributed by atoms with Crippen molar-refractivity contribution in [3.05, 3.63) is 0 Å². The molecule has 0 atom stereocenters. The number of ether oxygens (including phenoxy) is 1. The van der Waals surface area contributed by atoms with E-state index in [0.29, 0.717) is 25.3 Å². The van der Waals surface area contributed by atoms with Crippen LogP contribution in [0.2, 0.25) is 0 Å². The lowest BCUT2D eigenvalue weighted by Gasteiger charge is -2.02. The Bertz CT molecular complexity index is 166. The second-order valence-corrected chi connectivity index (χ2v) is 2.36. The molecular weight excluding hydrogens is 158 g/mol. The summed E-state index contributed by atoms with van der Waals surface area (Å²) in [6.07, 6.45) is 0.299. The highest BCUT2D eigenvalue weighted by Crippen LogP contribution is 1.91. The van der Waals surface area contributed by atoms with E-state index in [2.05, 4.69) is 9.99 Å². The standard InChI is InChI=1S/C8H15NO3/c1-4-12-6-8(9-11-3)5-7(2)10/h4-6H2,1-3H3/b9-8+. The third-order valence-corrected chi connectivity index (χ3v) is 1.15. The number of carbonyl (C=O) groups is 1. The number of nitrogens with zero attached hydrogens (tertiary/aromatic N) is 1. The van der Waals surface area contributed by atoms with Crippen molar-refractivity contribution in [2.24, 2.45) is 5.16 Å². The minimum atomic E-state index is 0.0607. The zero-order valence-electron chi connectivity index (χ0n) is 7.79. The molecule has 70 valence electrons. The largest absolute Gasteiger partial charge is 0.399 e. The van der Waals surface area contributed by atoms with E-state index in [-0.39, 0.29) is 5.78 Å². The number of carbonyl (C=O) groups excluding carboxylic acids is 1. The van der Waals surface area contributed by atoms with Gasteiger partial charge in [-0.2, -0.15) is 0 Å². The quantitative estimate of drug-likeness (QED) is 0.445. The molecule has 0 amide bonds. The molecule has 0 aliphatic carbocycles. The number of hydrogen-bond donors (Lipinski definition) is 0. The lowest BCUT2D eigenvalue weighted by Crippen LogP contribution is -2.12. The van der Waals surface area contributed by atoms with Gasteiger partial charge in [-0.05, 0) is 13.8 Å². The molecule has 0 heterocycles. The van der Waals surface area contributed by atoms with Gasteiger partial charge in [0, 0.05) is 6.61 Å². The molecule has 0 saturated carbocycles. The van der Waals surface area contributed by atoms with Gasteiger partial charge in [0.1, 0.15) is 12.9 Å². The van der Waals surface area contributed by atoms with E-state index in [1.165, 1.54) is 14.0 Å². The summed E-state index contributed by atoms with van der Waals surface area (Å²) in [4.78, 5) is 15.3. The predicted molar refractivity (Wildman–Crippen MR) is 46.2 cm³/mol. The Hall–Kier alpha value is -0.900. The number of hydrogen-bond acceptors (Lipinski definition) is 4. The third-order valence-electron chi connectivity index (χ3n) is 1.15. The van der Waals surface area contributed by atoms with Gasteiger partial charge in [-0.3, -0.25) is 4.79 Å². The molecule has 0 aliphatic heterocycles. The van der Waals surface area contributed by atoms with Gasteiger partial charge in [0.2, 0.25) is 0 Å². The Morgan fingerprint density at radius 3 is 2.58 bits per heavy atom. The SMILES string of the molecule is CCOC/C(CC(C)=O)=N/OC. The Kier molecular flexibility index (Phi) is 6.28. The van der Waals surface area contributed by atoms with Gasteiger partial charge in [0.25, 0.3) is 0 Å². The first kappa shape index (κ1) is 11.1. The Labute approximate surface area is 72.5 Å². The molecule has 0 unspecified atom stereocenters. The van der Waals surface area contributed by atoms with Crippen LogP contribution in [-0.2, 0) is 14.4 Å². The second kappa shape index (κ2) is 6.79. The Morgan fingerprint density at radius 2 is 2.17 bits per heavy atom. The summed E-state index contributed by atoms with van der Waals surface area (Å²) in [6, 6.07) is 0. The smallest absolute Gasteiger partial charge is 0.135 e. The topological polar surface area (TPSA) is 47.9 Å². The van der Waals surface area contributed by atoms with Crippen molar-refractivity contribution in [1.29, 1.82) is 0 Å². The first-order valence-electron chi connectivity index (χ1n) is 3.86. The number of ketones is 1. The lowest BCUT2D eigenvalue weighted by molar-refractivity contribution is -0.115. The molecule has 4 nitrogen and oxygen atoms in total. The molecule has 0 saturated heterocycles. The summed E-state index contributed by atoms with van der Waals surface area (Å²) in [5.74, 6) is 0.0607. The maximum absolute atomic E-state index is 10.7. The number of Topliss-reactive ketones (excluding diaryl/α,β-unsaturated/α-hetero) is 1. The van der Waals surface area contributed by atoms with Crippen LogP contribution < -0.4 is 0 Å². The molecule has 12 heavy (non-hydrogen) atoms. The summed E-state index contributed by atoms with van der Waals surface area (Å²) in [5.41, 5.74) is 0.631. The van der Waals surface area contributed by atoms with E-state index in [1.54, 1.807) is 0 Å². The highest BCUT2D eigenvalue weighted by molar-refractivity contribution is 6.01. The van der Waals surface area contributed by atoms with Gasteiger partial charge in [-0.15, -0.1) is 0 Å². The molecule has 0 aliphatic rings. The van der Waals surface area contributed by atoms with Gasteiger partial charge >= 0.3 is 0 Å². The molecule has 0 N–H and O–H groups in total. The summed E-state index contributed by atoms with van der Waals surface area (Å²) >= 11 is 0. The van der Waals surface area contributed by atoms with Crippen LogP contribution >= 0.6 is 0 Å². The average Bonchev–Trinajstić information content (AvgIpc) is 2.00. The molecular formula is C8H15NO3. The van der Waals surface area contributed by atoms with Crippen LogP contribution in [0.15, 0.2) is 5.16 Å². The molecule has 0 aromatic rings. The van der Waals surface area contributed by atoms with Crippen LogP contribution in [0.4, 0.5) is 0 Å². The first-order valence-corrected chi connectivity index (χ1v) is 3.86. The lowest BCUT2D eigenvalue weighted by atomic mass is 10.2. The van der Waals surface area contributed by atoms with Gasteiger partial charge in [0.15, 0.2) is 0 Å². The molecule has 4 heteroatoms. The van der Waals surface area contributed by atoms with Crippen molar-refractivity contribution in [2.45, 2.75) is 20.3 Å². The van der Waals surface area contributed by atoms with Crippen molar-refractivity contribution < 1.29 is 14.4 Å². The Morgan fingerprint density at radius 1 is 1.50 bits per heavy atom. The van der Waals surface area contributed by atoms with E-state index in [1.807, 2.05) is 6.92 Å². The van der Waals surface area contributed by atoms with Gasteiger partial charge in [0.05, 0.1) is 18.7 Å². The van der Waals surface area contributed by atoms with E-state index in [0.717, 1.165) is 0 Å². The van der Waals surface area contributed by atoms with Crippen molar-refractivity contribution in [2.75, 3.05) is 20.3 Å². The molecule has 0 aromatic heterocycles. The van der Waals surface area contributed by atoms with E-state index in [9.17, 15) is 4.79 Å². The average molecular weight is 173 g/mol. The highest BCUT2D eigenvalue weighted by atomic mass is 16.6. The van der Waals surface area contributed by atoms with Crippen LogP contribution in [-0.4, -0.2) is 31.8 Å². The maximum atomic E-state index is 10.7. The highest BCUT2D eigenvalue weighted by Gasteiger charge is 2.03. The molecule has 0 aromatic carbocycles. The second-order valence-electron chi connectivity index (χ2n) is 2.36. The summed E-state index contributed by atoms with van der Waals surface area (Å²) in [5, 5.41) is 3.67. The third kappa shape index (κ3) is 5.85. The van der Waals surface area contributed by atoms with Crippen LogP contribution in [0.3, 0.4) is 0 Å². The summed E-state index contributed by atoms with van der Waals surface area (Å²) < 4.78 is 5.09. The predicted octanol–water partition coefficient (Wildman–Crippen LogP) is 1.00. The summed E-state index contributed by atoms with van der Waals surface area (Å²) in [7, 11) is 1.45. The van der Waals surface area contributed by atoms with E-state index >= 15 is 0 Å². The van der Waals surface area contributed by atoms with Crippen LogP contribution in [0, 0.1) is 0 Å². The number of rotatable bonds is 6. The number of oxime groups is 1. The fourth-order valence-electron chi connectivity index (χ4n) is 0.746. The maximum Gasteiger partial charge on any atom is 0.135 e. The van der Waals surface area contributed by atoms with Crippen LogP contribution in [0.5, 0.6) is 0 Å². The molecule has 0 rings (SSSR count). The molecule has 0 spiro atoms. The minimum absolute atomic E-state index is 0.0607. The van der Waals surface area contributed by atoms with Gasteiger partial charge in [-0.1, -0.05) is 5.16 Å². The first-order chi connectivity index (χ1) is 5.70. The van der Waals surface area contributed by atoms with Crippen molar-refractivity contribution >= 4 is 11.5 Å². The minimum Gasteiger partial charge on any atom is -0.399 e. The van der Waals surface area contributed by atoms with Gasteiger partial charge < -0.3 is 9.57 Å². The fraction of sp³-hybridized carbons (Fsp3) is 0.750. The van der Waals surface area contributed by atoms with Crippen molar-refractivity contribution in [3.63, 3.8) is 0 Å². The van der Waals surface area contributed by atoms with Crippen LogP contribution in [0.25, 0.3) is 0 Å². The van der Waals surface area contributed by atoms with E-state index in [4.69, 9.17) is 4.74 Å². The monoisotopic (exact) mass is 173 g/mol. The zero-order valence-corrected chi connectivity index (χ0v) is 7.79. The Balaban J connectivity index is 3.87. The van der Waals surface area contributed by atoms with Crippen LogP contribution in [0.1, 0.15) is 20.3 Å². The van der Waals surface area contributed by atoms with Crippen molar-refractivity contribution in [3.8, 4) is 0 Å². The zero-order chi connectivity index (χ0) is 9.40. The summed E-state index contributed by atoms with van der Waals surface area (Å²) in [6.45, 7) is 4.37. The normalized spacial score (nSPS) is 11.4. The molecule has 0 fully saturated rings. The van der Waals surface area contributed by atoms with E-state index < -0.39 is 0 Å². The molecule has 0 bridgehead atoms. The fourth-order valence-corrected chi connectivity index (χ4v) is 0.746. The van der Waals surface area contributed by atoms with Gasteiger partial charge in [-0.25, -0.2) is 0 Å². The van der Waals surface area contributed by atoms with Crippen molar-refractivity contribution in [1.82, 2.24) is 0 Å². The molecule has 0 radical (unpaired) electrons.